The third-order valence-electron chi connectivity index (χ3n) is 1.93. The summed E-state index contributed by atoms with van der Waals surface area (Å²) < 4.78 is 9.31. The molecule has 1 aromatic rings. The largest absolute Gasteiger partial charge is 0.496 e. The van der Waals surface area contributed by atoms with Crippen LogP contribution in [0.25, 0.3) is 0 Å². The fourth-order valence-corrected chi connectivity index (χ4v) is 1.30. The number of rotatable bonds is 3. The number of primary amides is 1. The van der Waals surface area contributed by atoms with Crippen LogP contribution in [0.4, 0.5) is 5.69 Å². The first kappa shape index (κ1) is 17.1. The van der Waals surface area contributed by atoms with Gasteiger partial charge in [-0.25, -0.2) is 0 Å². The third-order valence-corrected chi connectivity index (χ3v) is 2.26. The number of benzene rings is 1. The minimum Gasteiger partial charge on any atom is -0.496 e. The maximum absolute atomic E-state index is 10.9. The zero-order chi connectivity index (χ0) is 15.0. The number of carbonyl (C=O) groups is 2. The lowest BCUT2D eigenvalue weighted by molar-refractivity contribution is -0.140. The Bertz CT molecular complexity index is 463. The molecule has 0 atom stereocenters. The highest BCUT2D eigenvalue weighted by molar-refractivity contribution is 6.33. The van der Waals surface area contributed by atoms with Crippen LogP contribution in [-0.4, -0.2) is 25.6 Å². The van der Waals surface area contributed by atoms with E-state index in [1.807, 2.05) is 0 Å². The first-order chi connectivity index (χ1) is 8.83. The van der Waals surface area contributed by atoms with E-state index in [9.17, 15) is 9.59 Å². The molecule has 0 aliphatic carbocycles. The van der Waals surface area contributed by atoms with Gasteiger partial charge in [0.05, 0.1) is 30.0 Å². The second-order valence-corrected chi connectivity index (χ2v) is 3.77. The van der Waals surface area contributed by atoms with Gasteiger partial charge in [-0.3, -0.25) is 9.59 Å². The summed E-state index contributed by atoms with van der Waals surface area (Å²) in [6, 6.07) is 2.85. The van der Waals surface area contributed by atoms with Gasteiger partial charge in [0.15, 0.2) is 0 Å². The van der Waals surface area contributed by atoms with Crippen molar-refractivity contribution in [1.82, 2.24) is 0 Å². The van der Waals surface area contributed by atoms with Crippen molar-refractivity contribution in [1.29, 1.82) is 0 Å². The number of carbonyl (C=O) groups excluding carboxylic acids is 2. The first-order valence-corrected chi connectivity index (χ1v) is 5.77. The number of anilines is 1. The first-order valence-electron chi connectivity index (χ1n) is 5.39. The van der Waals surface area contributed by atoms with Crippen molar-refractivity contribution in [2.75, 3.05) is 19.5 Å². The molecular formula is C12H17ClN2O4. The molecule has 4 N–H and O–H groups in total. The minimum atomic E-state index is -0.598. The number of hydrogen-bond donors (Lipinski definition) is 2. The Hall–Kier alpha value is -1.95. The van der Waals surface area contributed by atoms with Crippen LogP contribution in [0.1, 0.15) is 24.2 Å². The van der Waals surface area contributed by atoms with Crippen molar-refractivity contribution in [3.63, 3.8) is 0 Å². The van der Waals surface area contributed by atoms with Crippen molar-refractivity contribution in [3.05, 3.63) is 22.7 Å². The fraction of sp³-hybridized carbons (Fsp3) is 0.333. The Morgan fingerprint density at radius 2 is 1.95 bits per heavy atom. The molecule has 1 amide bonds. The van der Waals surface area contributed by atoms with Gasteiger partial charge in [-0.15, -0.1) is 0 Å². The number of methoxy groups -OCH3 is 1. The SMILES string of the molecule is CCOC(C)=O.COc1cc(N)c(Cl)cc1C(N)=O. The summed E-state index contributed by atoms with van der Waals surface area (Å²) in [5.41, 5.74) is 11.2. The zero-order valence-corrected chi connectivity index (χ0v) is 11.8. The van der Waals surface area contributed by atoms with Crippen LogP contribution in [0.3, 0.4) is 0 Å². The Morgan fingerprint density at radius 3 is 2.26 bits per heavy atom. The number of nitrogens with two attached hydrogens (primary N) is 2. The highest BCUT2D eigenvalue weighted by atomic mass is 35.5. The maximum Gasteiger partial charge on any atom is 0.302 e. The summed E-state index contributed by atoms with van der Waals surface area (Å²) in [6.45, 7) is 3.65. The highest BCUT2D eigenvalue weighted by Crippen LogP contribution is 2.28. The molecule has 0 spiro atoms. The lowest BCUT2D eigenvalue weighted by Gasteiger charge is -2.07. The van der Waals surface area contributed by atoms with E-state index in [0.717, 1.165) is 0 Å². The zero-order valence-electron chi connectivity index (χ0n) is 11.0. The summed E-state index contributed by atoms with van der Waals surface area (Å²) in [4.78, 5) is 20.7. The van der Waals surface area contributed by atoms with Crippen LogP contribution in [0, 0.1) is 0 Å². The van der Waals surface area contributed by atoms with Gasteiger partial charge in [0, 0.05) is 13.0 Å². The predicted octanol–water partition coefficient (Wildman–Crippen LogP) is 1.60. The topological polar surface area (TPSA) is 105 Å². The molecule has 0 aliphatic rings. The van der Waals surface area contributed by atoms with Crippen molar-refractivity contribution in [2.24, 2.45) is 5.73 Å². The number of ether oxygens (including phenoxy) is 2. The van der Waals surface area contributed by atoms with Gasteiger partial charge in [-0.1, -0.05) is 11.6 Å². The number of nitrogen functional groups attached to an aromatic ring is 1. The molecule has 19 heavy (non-hydrogen) atoms. The van der Waals surface area contributed by atoms with Crippen LogP contribution in [-0.2, 0) is 9.53 Å². The molecule has 0 fully saturated rings. The van der Waals surface area contributed by atoms with Gasteiger partial charge in [-0.2, -0.15) is 0 Å². The fourth-order valence-electron chi connectivity index (χ4n) is 1.13. The van der Waals surface area contributed by atoms with Crippen LogP contribution in [0.5, 0.6) is 5.75 Å². The van der Waals surface area contributed by atoms with Gasteiger partial charge in [0.2, 0.25) is 0 Å². The Kier molecular flexibility index (Phi) is 7.36. The van der Waals surface area contributed by atoms with Gasteiger partial charge in [0.1, 0.15) is 5.75 Å². The molecule has 1 rings (SSSR count). The summed E-state index contributed by atoms with van der Waals surface area (Å²) >= 11 is 5.70. The quantitative estimate of drug-likeness (QED) is 0.649. The van der Waals surface area contributed by atoms with Crippen LogP contribution in [0.2, 0.25) is 5.02 Å². The smallest absolute Gasteiger partial charge is 0.302 e. The minimum absolute atomic E-state index is 0.211. The van der Waals surface area contributed by atoms with Crippen molar-refractivity contribution < 1.29 is 19.1 Å². The molecule has 6 nitrogen and oxygen atoms in total. The van der Waals surface area contributed by atoms with Crippen molar-refractivity contribution in [2.45, 2.75) is 13.8 Å². The summed E-state index contributed by atoms with van der Waals surface area (Å²) in [6.07, 6.45) is 0. The molecule has 0 unspecified atom stereocenters. The molecular weight excluding hydrogens is 272 g/mol. The average Bonchev–Trinajstić information content (AvgIpc) is 2.32. The van der Waals surface area contributed by atoms with Crippen molar-refractivity contribution >= 4 is 29.2 Å². The summed E-state index contributed by atoms with van der Waals surface area (Å²) in [5, 5.41) is 0.287. The molecule has 0 aromatic heterocycles. The summed E-state index contributed by atoms with van der Waals surface area (Å²) in [7, 11) is 1.43. The summed E-state index contributed by atoms with van der Waals surface area (Å²) in [5.74, 6) is -0.481. The Morgan fingerprint density at radius 1 is 1.37 bits per heavy atom. The number of halogens is 1. The molecule has 0 radical (unpaired) electrons. The monoisotopic (exact) mass is 288 g/mol. The van der Waals surface area contributed by atoms with Gasteiger partial charge in [-0.05, 0) is 13.0 Å². The average molecular weight is 289 g/mol. The van der Waals surface area contributed by atoms with E-state index in [1.54, 1.807) is 6.92 Å². The van der Waals surface area contributed by atoms with E-state index in [1.165, 1.54) is 26.2 Å². The number of hydrogen-bond acceptors (Lipinski definition) is 5. The normalized spacial score (nSPS) is 9.05. The molecule has 1 aromatic carbocycles. The van der Waals surface area contributed by atoms with Crippen molar-refractivity contribution in [3.8, 4) is 5.75 Å². The van der Waals surface area contributed by atoms with E-state index in [0.29, 0.717) is 18.0 Å². The second-order valence-electron chi connectivity index (χ2n) is 3.36. The standard InChI is InChI=1S/C8H9ClN2O2.C4H8O2/c1-13-7-3-6(10)5(9)2-4(7)8(11)12;1-3-6-4(2)5/h2-3H,10H2,1H3,(H2,11,12);3H2,1-2H3. The Labute approximate surface area is 116 Å². The molecule has 0 aliphatic heterocycles. The molecule has 0 saturated heterocycles. The lowest BCUT2D eigenvalue weighted by Crippen LogP contribution is -2.12. The third kappa shape index (κ3) is 5.96. The van der Waals surface area contributed by atoms with Crippen LogP contribution < -0.4 is 16.2 Å². The van der Waals surface area contributed by atoms with E-state index in [4.69, 9.17) is 27.8 Å². The molecule has 0 saturated carbocycles. The van der Waals surface area contributed by atoms with Crippen LogP contribution in [0.15, 0.2) is 12.1 Å². The van der Waals surface area contributed by atoms with Crippen LogP contribution >= 0.6 is 11.6 Å². The van der Waals surface area contributed by atoms with Gasteiger partial charge >= 0.3 is 5.97 Å². The van der Waals surface area contributed by atoms with E-state index < -0.39 is 5.91 Å². The van der Waals surface area contributed by atoms with E-state index in [-0.39, 0.29) is 16.6 Å². The Balaban J connectivity index is 0.000000459. The lowest BCUT2D eigenvalue weighted by atomic mass is 10.1. The molecule has 0 heterocycles. The van der Waals surface area contributed by atoms with E-state index >= 15 is 0 Å². The van der Waals surface area contributed by atoms with E-state index in [2.05, 4.69) is 4.74 Å². The highest BCUT2D eigenvalue weighted by Gasteiger charge is 2.11. The van der Waals surface area contributed by atoms with Gasteiger partial charge < -0.3 is 20.9 Å². The number of esters is 1. The molecule has 7 heteroatoms. The second kappa shape index (κ2) is 8.20. The molecule has 106 valence electrons. The predicted molar refractivity (Wildman–Crippen MR) is 73.2 cm³/mol. The maximum atomic E-state index is 10.9. The molecule has 0 bridgehead atoms. The van der Waals surface area contributed by atoms with Gasteiger partial charge in [0.25, 0.3) is 5.91 Å². The number of amides is 1.